The zero-order chi connectivity index (χ0) is 14.7. The molecule has 4 nitrogen and oxygen atoms in total. The number of ether oxygens (including phenoxy) is 1. The number of esters is 1. The van der Waals surface area contributed by atoms with Gasteiger partial charge in [0, 0.05) is 16.4 Å². The predicted octanol–water partition coefficient (Wildman–Crippen LogP) is 4.11. The first kappa shape index (κ1) is 14.5. The van der Waals surface area contributed by atoms with E-state index in [1.807, 2.05) is 0 Å². The van der Waals surface area contributed by atoms with E-state index in [2.05, 4.69) is 5.32 Å². The highest BCUT2D eigenvalue weighted by Gasteiger charge is 2.16. The molecule has 0 amide bonds. The summed E-state index contributed by atoms with van der Waals surface area (Å²) in [7, 11) is 1.29. The summed E-state index contributed by atoms with van der Waals surface area (Å²) < 4.78 is 4.73. The molecule has 2 aromatic carbocycles. The van der Waals surface area contributed by atoms with Crippen molar-refractivity contribution in [2.45, 2.75) is 0 Å². The predicted molar refractivity (Wildman–Crippen MR) is 81.9 cm³/mol. The molecule has 0 unspecified atom stereocenters. The lowest BCUT2D eigenvalue weighted by atomic mass is 10.1. The molecule has 20 heavy (non-hydrogen) atoms. The first-order valence-electron chi connectivity index (χ1n) is 5.71. The third-order valence-electron chi connectivity index (χ3n) is 2.61. The highest BCUT2D eigenvalue weighted by atomic mass is 35.5. The van der Waals surface area contributed by atoms with E-state index >= 15 is 0 Å². The molecule has 0 saturated heterocycles. The van der Waals surface area contributed by atoms with Crippen molar-refractivity contribution in [2.24, 2.45) is 0 Å². The molecular weight excluding hydrogens is 299 g/mol. The zero-order valence-corrected chi connectivity index (χ0v) is 12.1. The standard InChI is InChI=1S/C14H12Cl2N2O2/c1-20-14(19)11-6-9(17)7-12(16)13(11)18-10-4-2-3-8(15)5-10/h2-7,18H,17H2,1H3. The van der Waals surface area contributed by atoms with Crippen molar-refractivity contribution < 1.29 is 9.53 Å². The van der Waals surface area contributed by atoms with Gasteiger partial charge < -0.3 is 15.8 Å². The van der Waals surface area contributed by atoms with Gasteiger partial charge in [-0.05, 0) is 30.3 Å². The van der Waals surface area contributed by atoms with Gasteiger partial charge in [-0.2, -0.15) is 0 Å². The van der Waals surface area contributed by atoms with E-state index in [1.165, 1.54) is 13.2 Å². The molecule has 0 aromatic heterocycles. The number of halogens is 2. The summed E-state index contributed by atoms with van der Waals surface area (Å²) in [6.45, 7) is 0. The average molecular weight is 311 g/mol. The van der Waals surface area contributed by atoms with Gasteiger partial charge >= 0.3 is 5.97 Å². The van der Waals surface area contributed by atoms with Crippen molar-refractivity contribution in [1.29, 1.82) is 0 Å². The molecule has 0 aliphatic rings. The van der Waals surface area contributed by atoms with Crippen LogP contribution in [0.4, 0.5) is 17.1 Å². The Labute approximate surface area is 126 Å². The van der Waals surface area contributed by atoms with E-state index in [0.717, 1.165) is 0 Å². The van der Waals surface area contributed by atoms with E-state index in [4.69, 9.17) is 33.7 Å². The number of hydrogen-bond acceptors (Lipinski definition) is 4. The molecule has 0 radical (unpaired) electrons. The molecule has 3 N–H and O–H groups in total. The molecule has 2 rings (SSSR count). The summed E-state index contributed by atoms with van der Waals surface area (Å²) in [5.41, 5.74) is 7.47. The summed E-state index contributed by atoms with van der Waals surface area (Å²) in [5, 5.41) is 3.95. The van der Waals surface area contributed by atoms with Gasteiger partial charge in [0.2, 0.25) is 0 Å². The van der Waals surface area contributed by atoms with Crippen LogP contribution in [0.5, 0.6) is 0 Å². The number of nitrogen functional groups attached to an aromatic ring is 1. The van der Waals surface area contributed by atoms with Gasteiger partial charge in [-0.15, -0.1) is 0 Å². The van der Waals surface area contributed by atoms with Crippen LogP contribution in [0.25, 0.3) is 0 Å². The largest absolute Gasteiger partial charge is 0.465 e. The molecule has 0 aliphatic carbocycles. The molecule has 0 fully saturated rings. The third kappa shape index (κ3) is 3.15. The van der Waals surface area contributed by atoms with Gasteiger partial charge in [-0.25, -0.2) is 4.79 Å². The Morgan fingerprint density at radius 2 is 2.00 bits per heavy atom. The maximum atomic E-state index is 11.8. The number of hydrogen-bond donors (Lipinski definition) is 2. The van der Waals surface area contributed by atoms with Crippen LogP contribution in [-0.4, -0.2) is 13.1 Å². The molecule has 0 heterocycles. The third-order valence-corrected chi connectivity index (χ3v) is 3.15. The van der Waals surface area contributed by atoms with Crippen LogP contribution in [0.3, 0.4) is 0 Å². The number of rotatable bonds is 3. The number of carbonyl (C=O) groups is 1. The van der Waals surface area contributed by atoms with E-state index in [-0.39, 0.29) is 5.56 Å². The van der Waals surface area contributed by atoms with Gasteiger partial charge in [0.15, 0.2) is 0 Å². The zero-order valence-electron chi connectivity index (χ0n) is 10.6. The number of nitrogens with one attached hydrogen (secondary N) is 1. The molecule has 2 aromatic rings. The lowest BCUT2D eigenvalue weighted by Gasteiger charge is -2.13. The molecule has 0 atom stereocenters. The minimum Gasteiger partial charge on any atom is -0.465 e. The minimum atomic E-state index is -0.524. The summed E-state index contributed by atoms with van der Waals surface area (Å²) in [5.74, 6) is -0.524. The van der Waals surface area contributed by atoms with Crippen molar-refractivity contribution in [3.8, 4) is 0 Å². The fourth-order valence-electron chi connectivity index (χ4n) is 1.74. The van der Waals surface area contributed by atoms with Crippen LogP contribution in [0.15, 0.2) is 36.4 Å². The first-order valence-corrected chi connectivity index (χ1v) is 6.47. The van der Waals surface area contributed by atoms with Crippen LogP contribution < -0.4 is 11.1 Å². The normalized spacial score (nSPS) is 10.2. The first-order chi connectivity index (χ1) is 9.51. The van der Waals surface area contributed by atoms with Gasteiger partial charge in [0.05, 0.1) is 23.4 Å². The van der Waals surface area contributed by atoms with Gasteiger partial charge in [-0.3, -0.25) is 0 Å². The second-order valence-corrected chi connectivity index (χ2v) is 4.90. The van der Waals surface area contributed by atoms with E-state index in [9.17, 15) is 4.79 Å². The Morgan fingerprint density at radius 3 is 2.65 bits per heavy atom. The Bertz CT molecular complexity index is 660. The van der Waals surface area contributed by atoms with Crippen molar-refractivity contribution in [1.82, 2.24) is 0 Å². The number of nitrogens with two attached hydrogens (primary N) is 1. The molecule has 0 saturated carbocycles. The number of methoxy groups -OCH3 is 1. The molecule has 0 aliphatic heterocycles. The Hall–Kier alpha value is -1.91. The fourth-order valence-corrected chi connectivity index (χ4v) is 2.20. The van der Waals surface area contributed by atoms with E-state index in [0.29, 0.717) is 27.1 Å². The molecule has 6 heteroatoms. The van der Waals surface area contributed by atoms with Gasteiger partial charge in [0.25, 0.3) is 0 Å². The van der Waals surface area contributed by atoms with E-state index in [1.54, 1.807) is 30.3 Å². The molecular formula is C14H12Cl2N2O2. The quantitative estimate of drug-likeness (QED) is 0.661. The van der Waals surface area contributed by atoms with Crippen LogP contribution in [0.2, 0.25) is 10.0 Å². The summed E-state index contributed by atoms with van der Waals surface area (Å²) in [6, 6.07) is 10.1. The minimum absolute atomic E-state index is 0.262. The summed E-state index contributed by atoms with van der Waals surface area (Å²) in [4.78, 5) is 11.8. The molecule has 0 spiro atoms. The van der Waals surface area contributed by atoms with Gasteiger partial charge in [-0.1, -0.05) is 29.3 Å². The Morgan fingerprint density at radius 1 is 1.25 bits per heavy atom. The Balaban J connectivity index is 2.47. The van der Waals surface area contributed by atoms with Crippen LogP contribution >= 0.6 is 23.2 Å². The maximum absolute atomic E-state index is 11.8. The number of benzene rings is 2. The second kappa shape index (κ2) is 6.03. The number of anilines is 3. The second-order valence-electron chi connectivity index (χ2n) is 4.05. The van der Waals surface area contributed by atoms with Gasteiger partial charge in [0.1, 0.15) is 0 Å². The van der Waals surface area contributed by atoms with Crippen molar-refractivity contribution in [3.05, 3.63) is 52.0 Å². The highest BCUT2D eigenvalue weighted by Crippen LogP contribution is 2.32. The molecule has 0 bridgehead atoms. The van der Waals surface area contributed by atoms with Crippen molar-refractivity contribution in [2.75, 3.05) is 18.2 Å². The van der Waals surface area contributed by atoms with Crippen molar-refractivity contribution >= 4 is 46.2 Å². The van der Waals surface area contributed by atoms with Crippen LogP contribution in [0.1, 0.15) is 10.4 Å². The lowest BCUT2D eigenvalue weighted by molar-refractivity contribution is 0.0602. The smallest absolute Gasteiger partial charge is 0.340 e. The number of carbonyl (C=O) groups excluding carboxylic acids is 1. The summed E-state index contributed by atoms with van der Waals surface area (Å²) in [6.07, 6.45) is 0. The monoisotopic (exact) mass is 310 g/mol. The average Bonchev–Trinajstić information content (AvgIpc) is 2.40. The Kier molecular flexibility index (Phi) is 4.37. The maximum Gasteiger partial charge on any atom is 0.340 e. The van der Waals surface area contributed by atoms with Crippen molar-refractivity contribution in [3.63, 3.8) is 0 Å². The highest BCUT2D eigenvalue weighted by molar-refractivity contribution is 6.34. The molecule has 104 valence electrons. The van der Waals surface area contributed by atoms with Crippen LogP contribution in [-0.2, 0) is 4.74 Å². The summed E-state index contributed by atoms with van der Waals surface area (Å²) >= 11 is 12.1. The topological polar surface area (TPSA) is 64.3 Å². The fraction of sp³-hybridized carbons (Fsp3) is 0.0714. The van der Waals surface area contributed by atoms with E-state index < -0.39 is 5.97 Å². The van der Waals surface area contributed by atoms with Crippen LogP contribution in [0, 0.1) is 0 Å². The lowest BCUT2D eigenvalue weighted by Crippen LogP contribution is -2.07. The SMILES string of the molecule is COC(=O)c1cc(N)cc(Cl)c1Nc1cccc(Cl)c1.